The molecule has 1 aromatic heterocycles. The lowest BCUT2D eigenvalue weighted by molar-refractivity contribution is 0.241. The summed E-state index contributed by atoms with van der Waals surface area (Å²) in [4.78, 5) is 0. The number of nitrogens with one attached hydrogen (secondary N) is 1. The molecule has 2 N–H and O–H groups in total. The SMILES string of the molecule is Cn1cc(CN[C@H](CO)Cc2ccccc2)cc1C#N. The standard InChI is InChI=1S/C16H19N3O/c1-19-11-14(8-16(19)9-17)10-18-15(12-20)7-13-5-3-2-4-6-13/h2-6,8,11,15,18,20H,7,10,12H2,1H3/t15-/m0/s1. The number of nitriles is 1. The van der Waals surface area contributed by atoms with Crippen LogP contribution in [0.4, 0.5) is 0 Å². The van der Waals surface area contributed by atoms with Gasteiger partial charge in [-0.25, -0.2) is 0 Å². The maximum absolute atomic E-state index is 9.45. The van der Waals surface area contributed by atoms with Crippen molar-refractivity contribution in [2.24, 2.45) is 7.05 Å². The molecule has 0 saturated carbocycles. The third-order valence-electron chi connectivity index (χ3n) is 3.32. The Balaban J connectivity index is 1.92. The van der Waals surface area contributed by atoms with Crippen molar-refractivity contribution >= 4 is 0 Å². The fourth-order valence-electron chi connectivity index (χ4n) is 2.20. The highest BCUT2D eigenvalue weighted by molar-refractivity contribution is 5.28. The second-order valence-electron chi connectivity index (χ2n) is 4.91. The molecule has 0 radical (unpaired) electrons. The Morgan fingerprint density at radius 3 is 2.65 bits per heavy atom. The van der Waals surface area contributed by atoms with E-state index in [0.29, 0.717) is 12.2 Å². The monoisotopic (exact) mass is 269 g/mol. The van der Waals surface area contributed by atoms with Crippen LogP contribution >= 0.6 is 0 Å². The second kappa shape index (κ2) is 6.90. The first-order valence-corrected chi connectivity index (χ1v) is 6.66. The number of nitrogens with zero attached hydrogens (tertiary/aromatic N) is 2. The quantitative estimate of drug-likeness (QED) is 0.837. The van der Waals surface area contributed by atoms with Crippen LogP contribution in [0.25, 0.3) is 0 Å². The van der Waals surface area contributed by atoms with Crippen LogP contribution in [0.3, 0.4) is 0 Å². The summed E-state index contributed by atoms with van der Waals surface area (Å²) in [6, 6.07) is 14.1. The van der Waals surface area contributed by atoms with Crippen LogP contribution in [0.15, 0.2) is 42.6 Å². The van der Waals surface area contributed by atoms with Crippen molar-refractivity contribution in [2.75, 3.05) is 6.61 Å². The van der Waals surface area contributed by atoms with Crippen LogP contribution in [0.1, 0.15) is 16.8 Å². The minimum absolute atomic E-state index is 0.0168. The highest BCUT2D eigenvalue weighted by Crippen LogP contribution is 2.07. The van der Waals surface area contributed by atoms with Gasteiger partial charge in [0.1, 0.15) is 11.8 Å². The lowest BCUT2D eigenvalue weighted by Crippen LogP contribution is -2.33. The van der Waals surface area contributed by atoms with Crippen molar-refractivity contribution in [2.45, 2.75) is 19.0 Å². The van der Waals surface area contributed by atoms with E-state index in [-0.39, 0.29) is 12.6 Å². The molecular weight excluding hydrogens is 250 g/mol. The Labute approximate surface area is 119 Å². The molecule has 104 valence electrons. The number of aliphatic hydroxyl groups is 1. The van der Waals surface area contributed by atoms with Crippen LogP contribution in [0, 0.1) is 11.3 Å². The van der Waals surface area contributed by atoms with Crippen molar-refractivity contribution < 1.29 is 5.11 Å². The van der Waals surface area contributed by atoms with Crippen molar-refractivity contribution in [1.82, 2.24) is 9.88 Å². The Morgan fingerprint density at radius 1 is 1.30 bits per heavy atom. The Kier molecular flexibility index (Phi) is 4.94. The molecule has 0 unspecified atom stereocenters. The second-order valence-corrected chi connectivity index (χ2v) is 4.91. The van der Waals surface area contributed by atoms with Crippen LogP contribution in [0.2, 0.25) is 0 Å². The lowest BCUT2D eigenvalue weighted by Gasteiger charge is -2.15. The Morgan fingerprint density at radius 2 is 2.05 bits per heavy atom. The first-order chi connectivity index (χ1) is 9.72. The molecule has 4 heteroatoms. The molecule has 0 saturated heterocycles. The number of aliphatic hydroxyl groups excluding tert-OH is 1. The molecule has 2 aromatic rings. The minimum Gasteiger partial charge on any atom is -0.395 e. The van der Waals surface area contributed by atoms with Gasteiger partial charge in [-0.3, -0.25) is 0 Å². The third-order valence-corrected chi connectivity index (χ3v) is 3.32. The summed E-state index contributed by atoms with van der Waals surface area (Å²) in [5, 5.41) is 21.7. The van der Waals surface area contributed by atoms with Gasteiger partial charge in [-0.1, -0.05) is 30.3 Å². The molecule has 1 atom stereocenters. The number of aromatic nitrogens is 1. The van der Waals surface area contributed by atoms with E-state index < -0.39 is 0 Å². The first kappa shape index (κ1) is 14.3. The molecule has 0 spiro atoms. The summed E-state index contributed by atoms with van der Waals surface area (Å²) in [5.74, 6) is 0. The van der Waals surface area contributed by atoms with Gasteiger partial charge in [0, 0.05) is 25.8 Å². The summed E-state index contributed by atoms with van der Waals surface area (Å²) < 4.78 is 1.81. The van der Waals surface area contributed by atoms with Crippen LogP contribution in [-0.4, -0.2) is 22.3 Å². The predicted molar refractivity (Wildman–Crippen MR) is 78.0 cm³/mol. The fraction of sp³-hybridized carbons (Fsp3) is 0.312. The molecule has 1 aromatic carbocycles. The highest BCUT2D eigenvalue weighted by Gasteiger charge is 2.09. The Bertz CT molecular complexity index is 584. The van der Waals surface area contributed by atoms with E-state index in [4.69, 9.17) is 5.26 Å². The molecule has 0 aliphatic rings. The van der Waals surface area contributed by atoms with E-state index in [9.17, 15) is 5.11 Å². The number of hydrogen-bond acceptors (Lipinski definition) is 3. The van der Waals surface area contributed by atoms with E-state index in [1.54, 1.807) is 0 Å². The molecule has 20 heavy (non-hydrogen) atoms. The third kappa shape index (κ3) is 3.70. The van der Waals surface area contributed by atoms with Gasteiger partial charge < -0.3 is 15.0 Å². The topological polar surface area (TPSA) is 61.0 Å². The molecule has 1 heterocycles. The van der Waals surface area contributed by atoms with Gasteiger partial charge in [-0.05, 0) is 23.6 Å². The summed E-state index contributed by atoms with van der Waals surface area (Å²) in [6.07, 6.45) is 2.72. The van der Waals surface area contributed by atoms with Gasteiger partial charge in [0.15, 0.2) is 0 Å². The number of rotatable bonds is 6. The van der Waals surface area contributed by atoms with Gasteiger partial charge in [-0.2, -0.15) is 5.26 Å². The summed E-state index contributed by atoms with van der Waals surface area (Å²) in [5.41, 5.74) is 2.89. The highest BCUT2D eigenvalue weighted by atomic mass is 16.3. The average molecular weight is 269 g/mol. The van der Waals surface area contributed by atoms with E-state index in [1.165, 1.54) is 5.56 Å². The fourth-order valence-corrected chi connectivity index (χ4v) is 2.20. The zero-order chi connectivity index (χ0) is 14.4. The summed E-state index contributed by atoms with van der Waals surface area (Å²) in [7, 11) is 1.86. The molecule has 0 fully saturated rings. The first-order valence-electron chi connectivity index (χ1n) is 6.66. The van der Waals surface area contributed by atoms with Crippen molar-refractivity contribution in [3.05, 3.63) is 59.4 Å². The maximum atomic E-state index is 9.45. The normalized spacial score (nSPS) is 12.1. The Hall–Kier alpha value is -2.09. The van der Waals surface area contributed by atoms with Gasteiger partial charge >= 0.3 is 0 Å². The van der Waals surface area contributed by atoms with Gasteiger partial charge in [0.05, 0.1) is 6.61 Å². The molecule has 0 aliphatic carbocycles. The maximum Gasteiger partial charge on any atom is 0.120 e. The number of hydrogen-bond donors (Lipinski definition) is 2. The van der Waals surface area contributed by atoms with Crippen LogP contribution in [-0.2, 0) is 20.0 Å². The molecule has 2 rings (SSSR count). The molecule has 0 bridgehead atoms. The van der Waals surface area contributed by atoms with Crippen LogP contribution in [0.5, 0.6) is 0 Å². The van der Waals surface area contributed by atoms with Gasteiger partial charge in [0.2, 0.25) is 0 Å². The van der Waals surface area contributed by atoms with E-state index >= 15 is 0 Å². The summed E-state index contributed by atoms with van der Waals surface area (Å²) >= 11 is 0. The minimum atomic E-state index is 0.0168. The zero-order valence-corrected chi connectivity index (χ0v) is 11.6. The number of benzene rings is 1. The van der Waals surface area contributed by atoms with E-state index in [2.05, 4.69) is 23.5 Å². The largest absolute Gasteiger partial charge is 0.395 e. The van der Waals surface area contributed by atoms with Gasteiger partial charge in [-0.15, -0.1) is 0 Å². The average Bonchev–Trinajstić information content (AvgIpc) is 2.84. The zero-order valence-electron chi connectivity index (χ0n) is 11.6. The molecule has 4 nitrogen and oxygen atoms in total. The van der Waals surface area contributed by atoms with Gasteiger partial charge in [0.25, 0.3) is 0 Å². The van der Waals surface area contributed by atoms with E-state index in [0.717, 1.165) is 12.0 Å². The molecule has 0 aliphatic heterocycles. The molecular formula is C16H19N3O. The van der Waals surface area contributed by atoms with Crippen LogP contribution < -0.4 is 5.32 Å². The van der Waals surface area contributed by atoms with Crippen molar-refractivity contribution in [1.29, 1.82) is 5.26 Å². The smallest absolute Gasteiger partial charge is 0.120 e. The predicted octanol–water partition coefficient (Wildman–Crippen LogP) is 1.59. The van der Waals surface area contributed by atoms with Crippen molar-refractivity contribution in [3.63, 3.8) is 0 Å². The number of aryl methyl sites for hydroxylation is 1. The van der Waals surface area contributed by atoms with E-state index in [1.807, 2.05) is 42.1 Å². The summed E-state index contributed by atoms with van der Waals surface area (Å²) in [6.45, 7) is 0.737. The lowest BCUT2D eigenvalue weighted by atomic mass is 10.1. The molecule has 0 amide bonds. The van der Waals surface area contributed by atoms with Crippen molar-refractivity contribution in [3.8, 4) is 6.07 Å².